The van der Waals surface area contributed by atoms with Crippen LogP contribution in [-0.2, 0) is 10.0 Å². The highest BCUT2D eigenvalue weighted by molar-refractivity contribution is 7.92. The van der Waals surface area contributed by atoms with Gasteiger partial charge in [0, 0.05) is 17.8 Å². The molecule has 0 atom stereocenters. The molecule has 0 saturated heterocycles. The zero-order chi connectivity index (χ0) is 15.5. The van der Waals surface area contributed by atoms with Crippen LogP contribution in [0.3, 0.4) is 0 Å². The molecule has 0 aliphatic rings. The summed E-state index contributed by atoms with van der Waals surface area (Å²) in [7, 11) is -2.26. The van der Waals surface area contributed by atoms with E-state index in [4.69, 9.17) is 4.74 Å². The average Bonchev–Trinajstić information content (AvgIpc) is 2.47. The Morgan fingerprint density at radius 3 is 2.10 bits per heavy atom. The Kier molecular flexibility index (Phi) is 4.08. The van der Waals surface area contributed by atoms with E-state index in [1.165, 1.54) is 55.6 Å². The van der Waals surface area contributed by atoms with Crippen LogP contribution in [0.2, 0.25) is 0 Å². The lowest BCUT2D eigenvalue weighted by Crippen LogP contribution is -2.12. The Morgan fingerprint density at radius 1 is 1.05 bits per heavy atom. The van der Waals surface area contributed by atoms with Gasteiger partial charge in [0.1, 0.15) is 5.75 Å². The number of nitro benzene ring substituents is 1. The van der Waals surface area contributed by atoms with Crippen LogP contribution in [0, 0.1) is 10.1 Å². The van der Waals surface area contributed by atoms with Gasteiger partial charge in [0.15, 0.2) is 0 Å². The second-order valence-corrected chi connectivity index (χ2v) is 5.77. The summed E-state index contributed by atoms with van der Waals surface area (Å²) in [5.41, 5.74) is 0.138. The first-order valence-corrected chi connectivity index (χ1v) is 7.32. The molecule has 0 saturated carbocycles. The molecule has 0 bridgehead atoms. The molecular weight excluding hydrogens is 296 g/mol. The summed E-state index contributed by atoms with van der Waals surface area (Å²) in [6.45, 7) is 0. The van der Waals surface area contributed by atoms with Crippen molar-refractivity contribution in [2.45, 2.75) is 4.90 Å². The van der Waals surface area contributed by atoms with Gasteiger partial charge in [-0.3, -0.25) is 14.8 Å². The highest BCUT2D eigenvalue weighted by Gasteiger charge is 2.14. The van der Waals surface area contributed by atoms with E-state index in [0.29, 0.717) is 5.75 Å². The van der Waals surface area contributed by atoms with E-state index in [1.807, 2.05) is 0 Å². The smallest absolute Gasteiger partial charge is 0.269 e. The van der Waals surface area contributed by atoms with Crippen molar-refractivity contribution in [3.63, 3.8) is 0 Å². The number of nitrogens with zero attached hydrogens (tertiary/aromatic N) is 1. The molecule has 0 unspecified atom stereocenters. The number of nitro groups is 1. The normalized spacial score (nSPS) is 10.9. The number of anilines is 1. The third-order valence-electron chi connectivity index (χ3n) is 2.70. The fraction of sp³-hybridized carbons (Fsp3) is 0.0769. The molecule has 7 nitrogen and oxygen atoms in total. The maximum atomic E-state index is 12.1. The monoisotopic (exact) mass is 308 g/mol. The van der Waals surface area contributed by atoms with Crippen molar-refractivity contribution in [2.24, 2.45) is 0 Å². The standard InChI is InChI=1S/C13H12N2O5S/c1-20-12-6-8-13(9-7-12)21(18,19)14-10-2-4-11(5-3-10)15(16)17/h2-9,14H,1H3. The van der Waals surface area contributed by atoms with Crippen LogP contribution in [0.5, 0.6) is 5.75 Å². The number of non-ortho nitro benzene ring substituents is 1. The van der Waals surface area contributed by atoms with Crippen molar-refractivity contribution in [1.82, 2.24) is 0 Å². The molecule has 2 aromatic rings. The van der Waals surface area contributed by atoms with Gasteiger partial charge in [-0.15, -0.1) is 0 Å². The van der Waals surface area contributed by atoms with E-state index < -0.39 is 14.9 Å². The highest BCUT2D eigenvalue weighted by Crippen LogP contribution is 2.21. The van der Waals surface area contributed by atoms with E-state index in [0.717, 1.165) is 0 Å². The second kappa shape index (κ2) is 5.80. The van der Waals surface area contributed by atoms with E-state index in [9.17, 15) is 18.5 Å². The van der Waals surface area contributed by atoms with Crippen LogP contribution in [0.15, 0.2) is 53.4 Å². The van der Waals surface area contributed by atoms with Crippen molar-refractivity contribution in [1.29, 1.82) is 0 Å². The SMILES string of the molecule is COc1ccc(S(=O)(=O)Nc2ccc([N+](=O)[O-])cc2)cc1. The summed E-state index contributed by atoms with van der Waals surface area (Å²) < 4.78 is 31.6. The van der Waals surface area contributed by atoms with Crippen LogP contribution in [0.25, 0.3) is 0 Å². The van der Waals surface area contributed by atoms with Crippen LogP contribution in [0.4, 0.5) is 11.4 Å². The number of benzene rings is 2. The number of sulfonamides is 1. The first-order chi connectivity index (χ1) is 9.92. The number of nitrogens with one attached hydrogen (secondary N) is 1. The topological polar surface area (TPSA) is 98.5 Å². The van der Waals surface area contributed by atoms with E-state index in [2.05, 4.69) is 4.72 Å². The molecule has 21 heavy (non-hydrogen) atoms. The van der Waals surface area contributed by atoms with Crippen LogP contribution < -0.4 is 9.46 Å². The Hall–Kier alpha value is -2.61. The minimum Gasteiger partial charge on any atom is -0.497 e. The lowest BCUT2D eigenvalue weighted by molar-refractivity contribution is -0.384. The quantitative estimate of drug-likeness (QED) is 0.675. The van der Waals surface area contributed by atoms with Gasteiger partial charge in [0.05, 0.1) is 16.9 Å². The summed E-state index contributed by atoms with van der Waals surface area (Å²) in [6.07, 6.45) is 0. The summed E-state index contributed by atoms with van der Waals surface area (Å²) in [4.78, 5) is 10.1. The predicted octanol–water partition coefficient (Wildman–Crippen LogP) is 2.40. The number of ether oxygens (including phenoxy) is 1. The van der Waals surface area contributed by atoms with Crippen molar-refractivity contribution in [3.8, 4) is 5.75 Å². The van der Waals surface area contributed by atoms with Gasteiger partial charge in [0.2, 0.25) is 0 Å². The molecule has 0 radical (unpaired) electrons. The lowest BCUT2D eigenvalue weighted by Gasteiger charge is -2.08. The Morgan fingerprint density at radius 2 is 1.62 bits per heavy atom. The molecule has 8 heteroatoms. The largest absolute Gasteiger partial charge is 0.497 e. The molecule has 2 rings (SSSR count). The summed E-state index contributed by atoms with van der Waals surface area (Å²) >= 11 is 0. The van der Waals surface area contributed by atoms with Crippen LogP contribution >= 0.6 is 0 Å². The van der Waals surface area contributed by atoms with Crippen molar-refractivity contribution in [3.05, 3.63) is 58.6 Å². The average molecular weight is 308 g/mol. The van der Waals surface area contributed by atoms with Crippen molar-refractivity contribution in [2.75, 3.05) is 11.8 Å². The van der Waals surface area contributed by atoms with E-state index >= 15 is 0 Å². The number of methoxy groups -OCH3 is 1. The fourth-order valence-corrected chi connectivity index (χ4v) is 2.68. The predicted molar refractivity (Wildman–Crippen MR) is 76.9 cm³/mol. The summed E-state index contributed by atoms with van der Waals surface area (Å²) in [6, 6.07) is 11.0. The third-order valence-corrected chi connectivity index (χ3v) is 4.10. The Labute approximate surface area is 121 Å². The van der Waals surface area contributed by atoms with Gasteiger partial charge in [0.25, 0.3) is 15.7 Å². The van der Waals surface area contributed by atoms with Crippen LogP contribution in [-0.4, -0.2) is 20.5 Å². The molecule has 110 valence electrons. The van der Waals surface area contributed by atoms with Gasteiger partial charge < -0.3 is 4.74 Å². The summed E-state index contributed by atoms with van der Waals surface area (Å²) in [5.74, 6) is 0.546. The molecule has 0 aromatic heterocycles. The van der Waals surface area contributed by atoms with Gasteiger partial charge >= 0.3 is 0 Å². The second-order valence-electron chi connectivity index (χ2n) is 4.09. The minimum atomic E-state index is -3.75. The summed E-state index contributed by atoms with van der Waals surface area (Å²) in [5, 5.41) is 10.5. The van der Waals surface area contributed by atoms with Crippen LogP contribution in [0.1, 0.15) is 0 Å². The Balaban J connectivity index is 2.21. The highest BCUT2D eigenvalue weighted by atomic mass is 32.2. The van der Waals surface area contributed by atoms with E-state index in [1.54, 1.807) is 0 Å². The molecule has 0 aliphatic carbocycles. The first kappa shape index (κ1) is 14.8. The molecule has 0 heterocycles. The molecule has 1 N–H and O–H groups in total. The van der Waals surface area contributed by atoms with Gasteiger partial charge in [-0.2, -0.15) is 0 Å². The molecule has 0 fully saturated rings. The molecule has 2 aromatic carbocycles. The maximum Gasteiger partial charge on any atom is 0.269 e. The van der Waals surface area contributed by atoms with Gasteiger partial charge in [-0.05, 0) is 36.4 Å². The van der Waals surface area contributed by atoms with E-state index in [-0.39, 0.29) is 16.3 Å². The lowest BCUT2D eigenvalue weighted by atomic mass is 10.3. The first-order valence-electron chi connectivity index (χ1n) is 5.84. The number of rotatable bonds is 5. The molecule has 0 spiro atoms. The zero-order valence-corrected chi connectivity index (χ0v) is 11.8. The van der Waals surface area contributed by atoms with Gasteiger partial charge in [-0.25, -0.2) is 8.42 Å². The maximum absolute atomic E-state index is 12.1. The molecular formula is C13H12N2O5S. The zero-order valence-electron chi connectivity index (χ0n) is 11.0. The van der Waals surface area contributed by atoms with Crippen molar-refractivity contribution < 1.29 is 18.1 Å². The number of hydrogen-bond donors (Lipinski definition) is 1. The number of hydrogen-bond acceptors (Lipinski definition) is 5. The third kappa shape index (κ3) is 3.48. The molecule has 0 amide bonds. The fourth-order valence-electron chi connectivity index (χ4n) is 1.62. The molecule has 0 aliphatic heterocycles. The Bertz CT molecular complexity index is 739. The van der Waals surface area contributed by atoms with Crippen molar-refractivity contribution >= 4 is 21.4 Å². The minimum absolute atomic E-state index is 0.0710. The van der Waals surface area contributed by atoms with Gasteiger partial charge in [-0.1, -0.05) is 0 Å².